The van der Waals surface area contributed by atoms with Crippen LogP contribution in [0.1, 0.15) is 11.1 Å². The highest BCUT2D eigenvalue weighted by molar-refractivity contribution is 7.99. The van der Waals surface area contributed by atoms with Gasteiger partial charge in [-0.1, -0.05) is 12.1 Å². The molecule has 1 amide bonds. The molecule has 0 aliphatic rings. The molecular weight excluding hydrogens is 352 g/mol. The lowest BCUT2D eigenvalue weighted by Crippen LogP contribution is -2.19. The summed E-state index contributed by atoms with van der Waals surface area (Å²) in [4.78, 5) is 11.8. The number of ether oxygens (including phenoxy) is 3. The van der Waals surface area contributed by atoms with Gasteiger partial charge in [0.15, 0.2) is 11.5 Å². The van der Waals surface area contributed by atoms with Gasteiger partial charge in [0, 0.05) is 5.75 Å². The number of carbonyl (C=O) groups excluding carboxylic acids is 1. The minimum Gasteiger partial charge on any atom is -0.497 e. The van der Waals surface area contributed by atoms with Gasteiger partial charge in [-0.15, -0.1) is 11.8 Å². The van der Waals surface area contributed by atoms with E-state index in [4.69, 9.17) is 14.2 Å². The van der Waals surface area contributed by atoms with Gasteiger partial charge in [0.1, 0.15) is 5.75 Å². The molecule has 0 aliphatic carbocycles. The van der Waals surface area contributed by atoms with Crippen LogP contribution in [-0.2, 0) is 10.5 Å². The maximum absolute atomic E-state index is 11.8. The number of amides is 1. The van der Waals surface area contributed by atoms with Crippen molar-refractivity contribution in [2.24, 2.45) is 5.10 Å². The molecule has 26 heavy (non-hydrogen) atoms. The molecule has 0 radical (unpaired) electrons. The molecule has 138 valence electrons. The number of rotatable bonds is 9. The van der Waals surface area contributed by atoms with Crippen LogP contribution in [0.15, 0.2) is 47.6 Å². The van der Waals surface area contributed by atoms with Crippen molar-refractivity contribution in [3.8, 4) is 17.2 Å². The van der Waals surface area contributed by atoms with Crippen molar-refractivity contribution in [3.63, 3.8) is 0 Å². The third-order valence-electron chi connectivity index (χ3n) is 3.47. The van der Waals surface area contributed by atoms with Crippen LogP contribution in [0.2, 0.25) is 0 Å². The Morgan fingerprint density at radius 2 is 1.77 bits per heavy atom. The van der Waals surface area contributed by atoms with Crippen molar-refractivity contribution in [1.29, 1.82) is 0 Å². The molecule has 0 saturated carbocycles. The fourth-order valence-electron chi connectivity index (χ4n) is 2.13. The largest absolute Gasteiger partial charge is 0.497 e. The van der Waals surface area contributed by atoms with Crippen LogP contribution in [0.5, 0.6) is 17.2 Å². The number of thioether (sulfide) groups is 1. The lowest BCUT2D eigenvalue weighted by molar-refractivity contribution is -0.118. The summed E-state index contributed by atoms with van der Waals surface area (Å²) in [6.45, 7) is 0. The van der Waals surface area contributed by atoms with E-state index in [0.717, 1.165) is 22.6 Å². The standard InChI is InChI=1S/C19H22N2O4S/c1-23-16-7-4-14(5-8-16)12-26-13-19(22)21-20-11-15-6-9-17(24-2)18(10-15)25-3/h4-11H,12-13H2,1-3H3,(H,21,22). The Balaban J connectivity index is 1.76. The van der Waals surface area contributed by atoms with Gasteiger partial charge in [0.05, 0.1) is 33.3 Å². The number of hydrogen-bond donors (Lipinski definition) is 1. The maximum Gasteiger partial charge on any atom is 0.250 e. The second-order valence-corrected chi connectivity index (χ2v) is 6.23. The van der Waals surface area contributed by atoms with Crippen LogP contribution in [0.25, 0.3) is 0 Å². The Kier molecular flexibility index (Phi) is 7.82. The molecule has 0 spiro atoms. The summed E-state index contributed by atoms with van der Waals surface area (Å²) < 4.78 is 15.5. The van der Waals surface area contributed by atoms with Crippen molar-refractivity contribution in [1.82, 2.24) is 5.43 Å². The van der Waals surface area contributed by atoms with Crippen LogP contribution in [-0.4, -0.2) is 39.2 Å². The van der Waals surface area contributed by atoms with Crippen molar-refractivity contribution >= 4 is 23.9 Å². The lowest BCUT2D eigenvalue weighted by Gasteiger charge is -2.07. The molecule has 0 aliphatic heterocycles. The predicted molar refractivity (Wildman–Crippen MR) is 104 cm³/mol. The molecule has 0 fully saturated rings. The minimum absolute atomic E-state index is 0.153. The number of nitrogens with one attached hydrogen (secondary N) is 1. The van der Waals surface area contributed by atoms with Crippen LogP contribution >= 0.6 is 11.8 Å². The zero-order chi connectivity index (χ0) is 18.8. The van der Waals surface area contributed by atoms with Gasteiger partial charge in [0.25, 0.3) is 0 Å². The van der Waals surface area contributed by atoms with Crippen LogP contribution < -0.4 is 19.6 Å². The Bertz CT molecular complexity index is 748. The van der Waals surface area contributed by atoms with E-state index in [1.807, 2.05) is 30.3 Å². The summed E-state index contributed by atoms with van der Waals surface area (Å²) in [5.41, 5.74) is 4.46. The van der Waals surface area contributed by atoms with E-state index >= 15 is 0 Å². The maximum atomic E-state index is 11.8. The van der Waals surface area contributed by atoms with Gasteiger partial charge in [-0.2, -0.15) is 5.10 Å². The molecule has 2 rings (SSSR count). The van der Waals surface area contributed by atoms with E-state index < -0.39 is 0 Å². The number of hydrogen-bond acceptors (Lipinski definition) is 6. The summed E-state index contributed by atoms with van der Waals surface area (Å²) in [6, 6.07) is 13.2. The highest BCUT2D eigenvalue weighted by Gasteiger charge is 2.04. The Hall–Kier alpha value is -2.67. The van der Waals surface area contributed by atoms with Crippen molar-refractivity contribution < 1.29 is 19.0 Å². The molecule has 2 aromatic rings. The lowest BCUT2D eigenvalue weighted by atomic mass is 10.2. The summed E-state index contributed by atoms with van der Waals surface area (Å²) in [5.74, 6) is 2.99. The van der Waals surface area contributed by atoms with E-state index in [1.54, 1.807) is 39.7 Å². The van der Waals surface area contributed by atoms with Crippen molar-refractivity contribution in [2.75, 3.05) is 27.1 Å². The fraction of sp³-hybridized carbons (Fsp3) is 0.263. The summed E-state index contributed by atoms with van der Waals surface area (Å²) >= 11 is 1.52. The third kappa shape index (κ3) is 6.00. The number of benzene rings is 2. The smallest absolute Gasteiger partial charge is 0.250 e. The molecule has 0 unspecified atom stereocenters. The number of methoxy groups -OCH3 is 3. The van der Waals surface area contributed by atoms with Gasteiger partial charge >= 0.3 is 0 Å². The van der Waals surface area contributed by atoms with Crippen LogP contribution in [0.3, 0.4) is 0 Å². The molecule has 6 nitrogen and oxygen atoms in total. The van der Waals surface area contributed by atoms with Gasteiger partial charge < -0.3 is 14.2 Å². The van der Waals surface area contributed by atoms with E-state index in [2.05, 4.69) is 10.5 Å². The molecule has 0 heterocycles. The number of hydrazone groups is 1. The van der Waals surface area contributed by atoms with Crippen LogP contribution in [0, 0.1) is 0 Å². The minimum atomic E-state index is -0.153. The van der Waals surface area contributed by atoms with E-state index in [1.165, 1.54) is 11.8 Å². The number of nitrogens with zero attached hydrogens (tertiary/aromatic N) is 1. The van der Waals surface area contributed by atoms with E-state index in [0.29, 0.717) is 17.3 Å². The van der Waals surface area contributed by atoms with Gasteiger partial charge in [-0.05, 0) is 41.5 Å². The van der Waals surface area contributed by atoms with Gasteiger partial charge in [0.2, 0.25) is 5.91 Å². The second kappa shape index (κ2) is 10.4. The first-order valence-corrected chi connectivity index (χ1v) is 9.06. The Labute approximate surface area is 157 Å². The van der Waals surface area contributed by atoms with E-state index in [9.17, 15) is 4.79 Å². The quantitative estimate of drug-likeness (QED) is 0.540. The predicted octanol–water partition coefficient (Wildman–Crippen LogP) is 3.10. The molecule has 0 bridgehead atoms. The molecule has 0 atom stereocenters. The van der Waals surface area contributed by atoms with E-state index in [-0.39, 0.29) is 5.91 Å². The third-order valence-corrected chi connectivity index (χ3v) is 4.48. The molecule has 1 N–H and O–H groups in total. The monoisotopic (exact) mass is 374 g/mol. The molecule has 0 saturated heterocycles. The molecule has 2 aromatic carbocycles. The Morgan fingerprint density at radius 3 is 2.42 bits per heavy atom. The second-order valence-electron chi connectivity index (χ2n) is 5.25. The molecule has 7 heteroatoms. The average molecular weight is 374 g/mol. The summed E-state index contributed by atoms with van der Waals surface area (Å²) in [5, 5.41) is 3.97. The topological polar surface area (TPSA) is 69.2 Å². The van der Waals surface area contributed by atoms with Crippen molar-refractivity contribution in [2.45, 2.75) is 5.75 Å². The first-order chi connectivity index (χ1) is 12.7. The van der Waals surface area contributed by atoms with Crippen molar-refractivity contribution in [3.05, 3.63) is 53.6 Å². The van der Waals surface area contributed by atoms with Gasteiger partial charge in [-0.3, -0.25) is 4.79 Å². The summed E-state index contributed by atoms with van der Waals surface area (Å²) in [6.07, 6.45) is 1.56. The fourth-order valence-corrected chi connectivity index (χ4v) is 2.91. The Morgan fingerprint density at radius 1 is 1.04 bits per heavy atom. The molecular formula is C19H22N2O4S. The average Bonchev–Trinajstić information content (AvgIpc) is 2.68. The van der Waals surface area contributed by atoms with Gasteiger partial charge in [-0.25, -0.2) is 5.43 Å². The first-order valence-electron chi connectivity index (χ1n) is 7.91. The first kappa shape index (κ1) is 19.7. The summed E-state index contributed by atoms with van der Waals surface area (Å²) in [7, 11) is 4.78. The highest BCUT2D eigenvalue weighted by Crippen LogP contribution is 2.26. The zero-order valence-electron chi connectivity index (χ0n) is 15.0. The zero-order valence-corrected chi connectivity index (χ0v) is 15.8. The highest BCUT2D eigenvalue weighted by atomic mass is 32.2. The SMILES string of the molecule is COc1ccc(CSCC(=O)NN=Cc2ccc(OC)c(OC)c2)cc1. The number of carbonyl (C=O) groups is 1. The van der Waals surface area contributed by atoms with Crippen LogP contribution in [0.4, 0.5) is 0 Å². The normalized spacial score (nSPS) is 10.6. The molecule has 0 aromatic heterocycles.